The highest BCUT2D eigenvalue weighted by molar-refractivity contribution is 7.11. The summed E-state index contributed by atoms with van der Waals surface area (Å²) in [5.41, 5.74) is 2.05. The summed E-state index contributed by atoms with van der Waals surface area (Å²) in [6, 6.07) is 5.71. The summed E-state index contributed by atoms with van der Waals surface area (Å²) in [4.78, 5) is 5.86. The lowest BCUT2D eigenvalue weighted by Crippen LogP contribution is -2.22. The number of benzene rings is 1. The van der Waals surface area contributed by atoms with Crippen LogP contribution in [0.25, 0.3) is 0 Å². The minimum absolute atomic E-state index is 0.00593. The van der Waals surface area contributed by atoms with E-state index in [1.807, 2.05) is 19.1 Å². The molecule has 1 aromatic heterocycles. The van der Waals surface area contributed by atoms with Gasteiger partial charge in [0.25, 0.3) is 0 Å². The number of hydrogen-bond acceptors (Lipinski definition) is 3. The largest absolute Gasteiger partial charge is 0.304 e. The van der Waals surface area contributed by atoms with E-state index in [2.05, 4.69) is 24.1 Å². The summed E-state index contributed by atoms with van der Waals surface area (Å²) >= 11 is 14.1. The fraction of sp³-hybridized carbons (Fsp3) is 0.357. The molecule has 102 valence electrons. The van der Waals surface area contributed by atoms with Crippen molar-refractivity contribution in [2.45, 2.75) is 26.8 Å². The zero-order valence-electron chi connectivity index (χ0n) is 11.1. The maximum absolute atomic E-state index is 6.33. The molecule has 1 aromatic carbocycles. The molecular weight excluding hydrogens is 299 g/mol. The number of nitrogens with zero attached hydrogens (tertiary/aromatic N) is 1. The summed E-state index contributed by atoms with van der Waals surface area (Å²) in [7, 11) is 0. The lowest BCUT2D eigenvalue weighted by molar-refractivity contribution is 0.626. The molecule has 2 rings (SSSR count). The van der Waals surface area contributed by atoms with E-state index < -0.39 is 0 Å². The van der Waals surface area contributed by atoms with E-state index in [0.717, 1.165) is 22.8 Å². The van der Waals surface area contributed by atoms with Crippen LogP contribution in [0.15, 0.2) is 18.2 Å². The number of thiazole rings is 1. The van der Waals surface area contributed by atoms with Gasteiger partial charge in [0.15, 0.2) is 0 Å². The number of aryl methyl sites for hydroxylation is 2. The van der Waals surface area contributed by atoms with Crippen LogP contribution in [0.2, 0.25) is 10.0 Å². The van der Waals surface area contributed by atoms with Crippen molar-refractivity contribution in [3.63, 3.8) is 0 Å². The number of nitrogens with one attached hydrogen (secondary N) is 1. The Balaban J connectivity index is 2.48. The summed E-state index contributed by atoms with van der Waals surface area (Å²) in [5.74, 6) is 0. The average Bonchev–Trinajstić information content (AvgIpc) is 2.70. The second-order valence-corrected chi connectivity index (χ2v) is 6.35. The highest BCUT2D eigenvalue weighted by Crippen LogP contribution is 2.35. The first kappa shape index (κ1) is 14.8. The van der Waals surface area contributed by atoms with Gasteiger partial charge in [-0.05, 0) is 32.0 Å². The van der Waals surface area contributed by atoms with Crippen LogP contribution < -0.4 is 5.32 Å². The average molecular weight is 315 g/mol. The van der Waals surface area contributed by atoms with E-state index in [1.54, 1.807) is 17.4 Å². The van der Waals surface area contributed by atoms with E-state index in [1.165, 1.54) is 4.88 Å². The maximum Gasteiger partial charge on any atom is 0.115 e. The standard InChI is InChI=1S/C14H16Cl2N2S/c1-4-17-13(14-18-8(2)9(3)19-14)10-6-5-7-11(15)12(10)16/h5-7,13,17H,4H2,1-3H3. The highest BCUT2D eigenvalue weighted by Gasteiger charge is 2.21. The Bertz CT molecular complexity index is 561. The SMILES string of the molecule is CCNC(c1nc(C)c(C)s1)c1cccc(Cl)c1Cl. The normalized spacial score (nSPS) is 12.7. The van der Waals surface area contributed by atoms with Crippen molar-refractivity contribution in [1.82, 2.24) is 10.3 Å². The van der Waals surface area contributed by atoms with E-state index >= 15 is 0 Å². The maximum atomic E-state index is 6.33. The zero-order valence-corrected chi connectivity index (χ0v) is 13.5. The van der Waals surface area contributed by atoms with Crippen molar-refractivity contribution in [2.24, 2.45) is 0 Å². The van der Waals surface area contributed by atoms with Gasteiger partial charge in [0.2, 0.25) is 0 Å². The highest BCUT2D eigenvalue weighted by atomic mass is 35.5. The Morgan fingerprint density at radius 3 is 2.63 bits per heavy atom. The molecule has 0 amide bonds. The molecule has 0 fully saturated rings. The topological polar surface area (TPSA) is 24.9 Å². The fourth-order valence-corrected chi connectivity index (χ4v) is 3.33. The van der Waals surface area contributed by atoms with Gasteiger partial charge in [-0.15, -0.1) is 11.3 Å². The summed E-state index contributed by atoms with van der Waals surface area (Å²) in [5, 5.41) is 5.63. The van der Waals surface area contributed by atoms with Crippen LogP contribution in [0.1, 0.15) is 34.1 Å². The molecule has 0 aliphatic rings. The molecular formula is C14H16Cl2N2S. The Morgan fingerprint density at radius 2 is 2.05 bits per heavy atom. The minimum Gasteiger partial charge on any atom is -0.304 e. The van der Waals surface area contributed by atoms with Crippen molar-refractivity contribution < 1.29 is 0 Å². The van der Waals surface area contributed by atoms with Gasteiger partial charge in [-0.3, -0.25) is 0 Å². The lowest BCUT2D eigenvalue weighted by atomic mass is 10.1. The first-order valence-electron chi connectivity index (χ1n) is 6.15. The molecule has 0 aliphatic heterocycles. The van der Waals surface area contributed by atoms with Crippen LogP contribution >= 0.6 is 34.5 Å². The number of aromatic nitrogens is 1. The summed E-state index contributed by atoms with van der Waals surface area (Å²) in [6.45, 7) is 7.01. The smallest absolute Gasteiger partial charge is 0.115 e. The van der Waals surface area contributed by atoms with E-state index in [9.17, 15) is 0 Å². The second kappa shape index (κ2) is 6.23. The molecule has 2 nitrogen and oxygen atoms in total. The molecule has 1 N–H and O–H groups in total. The summed E-state index contributed by atoms with van der Waals surface area (Å²) in [6.07, 6.45) is 0. The van der Waals surface area contributed by atoms with Crippen molar-refractivity contribution in [3.8, 4) is 0 Å². The molecule has 0 radical (unpaired) electrons. The van der Waals surface area contributed by atoms with Gasteiger partial charge in [-0.1, -0.05) is 42.3 Å². The van der Waals surface area contributed by atoms with Crippen LogP contribution in [0, 0.1) is 13.8 Å². The van der Waals surface area contributed by atoms with Gasteiger partial charge in [-0.2, -0.15) is 0 Å². The van der Waals surface area contributed by atoms with Gasteiger partial charge in [0, 0.05) is 4.88 Å². The Labute approximate surface area is 127 Å². The van der Waals surface area contributed by atoms with E-state index in [-0.39, 0.29) is 6.04 Å². The van der Waals surface area contributed by atoms with E-state index in [4.69, 9.17) is 23.2 Å². The molecule has 0 saturated heterocycles. The van der Waals surface area contributed by atoms with Crippen molar-refractivity contribution >= 4 is 34.5 Å². The van der Waals surface area contributed by atoms with Gasteiger partial charge in [0.1, 0.15) is 5.01 Å². The first-order valence-corrected chi connectivity index (χ1v) is 7.73. The Morgan fingerprint density at radius 1 is 1.32 bits per heavy atom. The third-order valence-electron chi connectivity index (χ3n) is 2.99. The lowest BCUT2D eigenvalue weighted by Gasteiger charge is -2.17. The van der Waals surface area contributed by atoms with Crippen molar-refractivity contribution in [3.05, 3.63) is 49.4 Å². The minimum atomic E-state index is -0.00593. The summed E-state index contributed by atoms with van der Waals surface area (Å²) < 4.78 is 0. The van der Waals surface area contributed by atoms with Gasteiger partial charge >= 0.3 is 0 Å². The third kappa shape index (κ3) is 3.11. The molecule has 2 aromatic rings. The van der Waals surface area contributed by atoms with Gasteiger partial charge < -0.3 is 5.32 Å². The Kier molecular flexibility index (Phi) is 4.85. The number of hydrogen-bond donors (Lipinski definition) is 1. The van der Waals surface area contributed by atoms with Crippen LogP contribution in [0.4, 0.5) is 0 Å². The van der Waals surface area contributed by atoms with Crippen LogP contribution in [-0.2, 0) is 0 Å². The molecule has 1 atom stereocenters. The quantitative estimate of drug-likeness (QED) is 0.879. The van der Waals surface area contributed by atoms with E-state index in [0.29, 0.717) is 10.0 Å². The number of halogens is 2. The molecule has 5 heteroatoms. The van der Waals surface area contributed by atoms with Crippen molar-refractivity contribution in [1.29, 1.82) is 0 Å². The Hall–Kier alpha value is -0.610. The van der Waals surface area contributed by atoms with Crippen LogP contribution in [0.5, 0.6) is 0 Å². The molecule has 19 heavy (non-hydrogen) atoms. The molecule has 0 spiro atoms. The molecule has 0 saturated carbocycles. The predicted molar refractivity (Wildman–Crippen MR) is 83.6 cm³/mol. The molecule has 0 bridgehead atoms. The number of rotatable bonds is 4. The predicted octanol–water partition coefficient (Wildman–Crippen LogP) is 4.77. The molecule has 1 unspecified atom stereocenters. The van der Waals surface area contributed by atoms with Crippen LogP contribution in [-0.4, -0.2) is 11.5 Å². The van der Waals surface area contributed by atoms with Crippen molar-refractivity contribution in [2.75, 3.05) is 6.54 Å². The third-order valence-corrected chi connectivity index (χ3v) is 4.96. The van der Waals surface area contributed by atoms with Crippen LogP contribution in [0.3, 0.4) is 0 Å². The van der Waals surface area contributed by atoms with Gasteiger partial charge in [-0.25, -0.2) is 4.98 Å². The molecule has 1 heterocycles. The van der Waals surface area contributed by atoms with Gasteiger partial charge in [0.05, 0.1) is 21.8 Å². The monoisotopic (exact) mass is 314 g/mol. The first-order chi connectivity index (χ1) is 9.04. The molecule has 0 aliphatic carbocycles. The second-order valence-electron chi connectivity index (χ2n) is 4.33. The fourth-order valence-electron chi connectivity index (χ4n) is 1.90. The zero-order chi connectivity index (χ0) is 14.0.